The minimum absolute atomic E-state index is 0.307. The van der Waals surface area contributed by atoms with Crippen LogP contribution in [0, 0.1) is 0 Å². The molecule has 0 unspecified atom stereocenters. The van der Waals surface area contributed by atoms with E-state index in [1.807, 2.05) is 6.20 Å². The van der Waals surface area contributed by atoms with E-state index < -0.39 is 0 Å². The zero-order valence-electron chi connectivity index (χ0n) is 4.50. The Bertz CT molecular complexity index is 220. The Labute approximate surface area is 65.0 Å². The molecular formula is C5H4BrNOS. The summed E-state index contributed by atoms with van der Waals surface area (Å²) in [6, 6.07) is 0. The fourth-order valence-corrected chi connectivity index (χ4v) is 1.88. The molecule has 9 heavy (non-hydrogen) atoms. The van der Waals surface area contributed by atoms with Gasteiger partial charge in [0.25, 0.3) is 0 Å². The molecule has 0 aromatic carbocycles. The van der Waals surface area contributed by atoms with Crippen LogP contribution in [0.4, 0.5) is 0 Å². The summed E-state index contributed by atoms with van der Waals surface area (Å²) in [6.07, 6.45) is 2.11. The first-order valence-corrected chi connectivity index (χ1v) is 4.20. The Kier molecular flexibility index (Phi) is 1.32. The Morgan fingerprint density at radius 2 is 2.67 bits per heavy atom. The van der Waals surface area contributed by atoms with E-state index in [0.717, 1.165) is 15.4 Å². The molecule has 1 saturated heterocycles. The van der Waals surface area contributed by atoms with Crippen molar-refractivity contribution >= 4 is 27.3 Å². The molecule has 0 aliphatic carbocycles. The van der Waals surface area contributed by atoms with Crippen LogP contribution < -0.4 is 0 Å². The summed E-state index contributed by atoms with van der Waals surface area (Å²) in [5.41, 5.74) is 0. The number of hydrogen-bond donors (Lipinski definition) is 0. The average molecular weight is 206 g/mol. The summed E-state index contributed by atoms with van der Waals surface area (Å²) in [5, 5.41) is 1.09. The molecule has 4 heteroatoms. The first kappa shape index (κ1) is 5.82. The highest BCUT2D eigenvalue weighted by molar-refractivity contribution is 9.11. The summed E-state index contributed by atoms with van der Waals surface area (Å²) < 4.78 is 6.11. The maximum Gasteiger partial charge on any atom is 0.132 e. The van der Waals surface area contributed by atoms with Gasteiger partial charge >= 0.3 is 0 Å². The lowest BCUT2D eigenvalue weighted by Crippen LogP contribution is -1.72. The van der Waals surface area contributed by atoms with Gasteiger partial charge in [0.2, 0.25) is 0 Å². The molecule has 2 rings (SSSR count). The molecule has 48 valence electrons. The third kappa shape index (κ3) is 1.15. The van der Waals surface area contributed by atoms with E-state index >= 15 is 0 Å². The molecular weight excluding hydrogens is 202 g/mol. The van der Waals surface area contributed by atoms with Crippen LogP contribution in [0.3, 0.4) is 0 Å². The standard InChI is InChI=1S/C5H4BrNOS/c6-4-1-7-5(9-4)3-2-8-3/h1,3H,2H2/t3-/m0/s1. The summed E-state index contributed by atoms with van der Waals surface area (Å²) >= 11 is 4.97. The van der Waals surface area contributed by atoms with E-state index in [1.54, 1.807) is 11.3 Å². The van der Waals surface area contributed by atoms with Gasteiger partial charge < -0.3 is 4.74 Å². The first-order chi connectivity index (χ1) is 4.36. The monoisotopic (exact) mass is 205 g/mol. The summed E-state index contributed by atoms with van der Waals surface area (Å²) in [6.45, 7) is 0.847. The van der Waals surface area contributed by atoms with Crippen LogP contribution in [0.5, 0.6) is 0 Å². The van der Waals surface area contributed by atoms with Crippen LogP contribution >= 0.6 is 27.3 Å². The predicted molar refractivity (Wildman–Crippen MR) is 38.5 cm³/mol. The fraction of sp³-hybridized carbons (Fsp3) is 0.400. The van der Waals surface area contributed by atoms with Gasteiger partial charge in [-0.3, -0.25) is 0 Å². The van der Waals surface area contributed by atoms with Crippen molar-refractivity contribution in [3.05, 3.63) is 15.0 Å². The van der Waals surface area contributed by atoms with Crippen molar-refractivity contribution in [1.29, 1.82) is 0 Å². The van der Waals surface area contributed by atoms with Gasteiger partial charge in [0.1, 0.15) is 11.1 Å². The van der Waals surface area contributed by atoms with Gasteiger partial charge in [-0.25, -0.2) is 4.98 Å². The largest absolute Gasteiger partial charge is 0.365 e. The number of aromatic nitrogens is 1. The second-order valence-corrected chi connectivity index (χ2v) is 4.27. The van der Waals surface area contributed by atoms with Crippen LogP contribution in [0.15, 0.2) is 9.98 Å². The van der Waals surface area contributed by atoms with Crippen molar-refractivity contribution < 1.29 is 4.74 Å². The van der Waals surface area contributed by atoms with Crippen molar-refractivity contribution in [2.24, 2.45) is 0 Å². The van der Waals surface area contributed by atoms with E-state index in [9.17, 15) is 0 Å². The zero-order chi connectivity index (χ0) is 6.27. The van der Waals surface area contributed by atoms with Gasteiger partial charge in [-0.2, -0.15) is 0 Å². The van der Waals surface area contributed by atoms with Gasteiger partial charge in [0.15, 0.2) is 0 Å². The molecule has 1 aromatic heterocycles. The zero-order valence-corrected chi connectivity index (χ0v) is 6.91. The quantitative estimate of drug-likeness (QED) is 0.656. The lowest BCUT2D eigenvalue weighted by atomic mass is 10.5. The van der Waals surface area contributed by atoms with E-state index in [-0.39, 0.29) is 0 Å². The van der Waals surface area contributed by atoms with E-state index in [1.165, 1.54) is 0 Å². The molecule has 1 aromatic rings. The summed E-state index contributed by atoms with van der Waals surface area (Å²) in [5.74, 6) is 0. The predicted octanol–water partition coefficient (Wildman–Crippen LogP) is 1.98. The SMILES string of the molecule is Brc1cnc([C@@H]2CO2)s1. The van der Waals surface area contributed by atoms with Crippen molar-refractivity contribution in [2.45, 2.75) is 6.10 Å². The van der Waals surface area contributed by atoms with E-state index in [2.05, 4.69) is 20.9 Å². The highest BCUT2D eigenvalue weighted by Gasteiger charge is 2.27. The van der Waals surface area contributed by atoms with Crippen molar-refractivity contribution in [3.63, 3.8) is 0 Å². The van der Waals surface area contributed by atoms with Crippen LogP contribution in [0.2, 0.25) is 0 Å². The number of epoxide rings is 1. The van der Waals surface area contributed by atoms with Gasteiger partial charge in [0, 0.05) is 0 Å². The number of nitrogens with zero attached hydrogens (tertiary/aromatic N) is 1. The lowest BCUT2D eigenvalue weighted by molar-refractivity contribution is 0.415. The van der Waals surface area contributed by atoms with Crippen LogP contribution in [0.25, 0.3) is 0 Å². The molecule has 1 fully saturated rings. The number of rotatable bonds is 1. The highest BCUT2D eigenvalue weighted by Crippen LogP contribution is 2.34. The first-order valence-electron chi connectivity index (χ1n) is 2.59. The van der Waals surface area contributed by atoms with Gasteiger partial charge in [-0.1, -0.05) is 0 Å². The lowest BCUT2D eigenvalue weighted by Gasteiger charge is -1.78. The average Bonchev–Trinajstić information content (AvgIpc) is 2.58. The second-order valence-electron chi connectivity index (χ2n) is 1.82. The van der Waals surface area contributed by atoms with Crippen LogP contribution in [-0.4, -0.2) is 11.6 Å². The molecule has 0 amide bonds. The van der Waals surface area contributed by atoms with Crippen molar-refractivity contribution in [3.8, 4) is 0 Å². The Morgan fingerprint density at radius 3 is 3.11 bits per heavy atom. The number of halogens is 1. The normalized spacial score (nSPS) is 24.3. The molecule has 1 atom stereocenters. The molecule has 0 spiro atoms. The van der Waals surface area contributed by atoms with Crippen LogP contribution in [-0.2, 0) is 4.74 Å². The second kappa shape index (κ2) is 2.04. The van der Waals surface area contributed by atoms with Gasteiger partial charge in [-0.15, -0.1) is 11.3 Å². The summed E-state index contributed by atoms with van der Waals surface area (Å²) in [4.78, 5) is 4.12. The van der Waals surface area contributed by atoms with Gasteiger partial charge in [0.05, 0.1) is 16.6 Å². The Balaban J connectivity index is 2.28. The molecule has 0 radical (unpaired) electrons. The molecule has 2 nitrogen and oxygen atoms in total. The van der Waals surface area contributed by atoms with E-state index in [4.69, 9.17) is 4.74 Å². The van der Waals surface area contributed by atoms with Gasteiger partial charge in [-0.05, 0) is 15.9 Å². The minimum atomic E-state index is 0.307. The van der Waals surface area contributed by atoms with Crippen molar-refractivity contribution in [1.82, 2.24) is 4.98 Å². The number of hydrogen-bond acceptors (Lipinski definition) is 3. The highest BCUT2D eigenvalue weighted by atomic mass is 79.9. The molecule has 0 N–H and O–H groups in total. The third-order valence-electron chi connectivity index (χ3n) is 1.10. The molecule has 0 bridgehead atoms. The molecule has 0 saturated carbocycles. The Hall–Kier alpha value is 0.0700. The third-order valence-corrected chi connectivity index (χ3v) is 2.67. The van der Waals surface area contributed by atoms with Crippen LogP contribution in [0.1, 0.15) is 11.1 Å². The van der Waals surface area contributed by atoms with Crippen molar-refractivity contribution in [2.75, 3.05) is 6.61 Å². The fourth-order valence-electron chi connectivity index (χ4n) is 0.607. The smallest absolute Gasteiger partial charge is 0.132 e. The summed E-state index contributed by atoms with van der Waals surface area (Å²) in [7, 11) is 0. The molecule has 1 aliphatic rings. The molecule has 2 heterocycles. The Morgan fingerprint density at radius 1 is 1.89 bits per heavy atom. The minimum Gasteiger partial charge on any atom is -0.365 e. The topological polar surface area (TPSA) is 25.4 Å². The number of ether oxygens (including phenoxy) is 1. The van der Waals surface area contributed by atoms with E-state index in [0.29, 0.717) is 6.10 Å². The number of thiazole rings is 1. The maximum atomic E-state index is 5.03. The molecule has 1 aliphatic heterocycles. The maximum absolute atomic E-state index is 5.03.